The predicted molar refractivity (Wildman–Crippen MR) is 59.5 cm³/mol. The lowest BCUT2D eigenvalue weighted by Gasteiger charge is -2.19. The van der Waals surface area contributed by atoms with Gasteiger partial charge in [-0.2, -0.15) is 0 Å². The number of thiazole rings is 1. The second kappa shape index (κ2) is 4.09. The van der Waals surface area contributed by atoms with Gasteiger partial charge in [0.1, 0.15) is 0 Å². The third-order valence-corrected chi connectivity index (χ3v) is 2.35. The van der Waals surface area contributed by atoms with Gasteiger partial charge in [0.15, 0.2) is 5.13 Å². The second-order valence-electron chi connectivity index (χ2n) is 4.27. The molecule has 1 rings (SSSR count). The quantitative estimate of drug-likeness (QED) is 0.806. The fourth-order valence-corrected chi connectivity index (χ4v) is 2.01. The minimum atomic E-state index is 0.112. The van der Waals surface area contributed by atoms with Crippen LogP contribution in [-0.2, 0) is 6.42 Å². The fourth-order valence-electron chi connectivity index (χ4n) is 1.06. The Hall–Kier alpha value is -0.570. The largest absolute Gasteiger partial charge is 0.357 e. The predicted octanol–water partition coefficient (Wildman–Crippen LogP) is 3.31. The zero-order valence-corrected chi connectivity index (χ0v) is 9.66. The minimum absolute atomic E-state index is 0.112. The van der Waals surface area contributed by atoms with Gasteiger partial charge in [-0.15, -0.1) is 11.3 Å². The number of aryl methyl sites for hydroxylation is 1. The summed E-state index contributed by atoms with van der Waals surface area (Å²) in [7, 11) is 0. The van der Waals surface area contributed by atoms with Gasteiger partial charge >= 0.3 is 0 Å². The summed E-state index contributed by atoms with van der Waals surface area (Å²) in [4.78, 5) is 4.49. The molecule has 0 aliphatic heterocycles. The number of anilines is 1. The van der Waals surface area contributed by atoms with Crippen LogP contribution in [0.2, 0.25) is 0 Å². The zero-order valence-electron chi connectivity index (χ0n) is 8.85. The molecular formula is C10H18N2S. The van der Waals surface area contributed by atoms with E-state index in [9.17, 15) is 0 Å². The van der Waals surface area contributed by atoms with Gasteiger partial charge in [0.25, 0.3) is 0 Å². The Bertz CT molecular complexity index is 260. The van der Waals surface area contributed by atoms with Crippen molar-refractivity contribution in [3.8, 4) is 0 Å². The number of hydrogen-bond acceptors (Lipinski definition) is 3. The molecule has 0 amide bonds. The van der Waals surface area contributed by atoms with E-state index in [1.165, 1.54) is 12.1 Å². The molecule has 0 aliphatic carbocycles. The Kier molecular flexibility index (Phi) is 3.31. The van der Waals surface area contributed by atoms with E-state index in [0.29, 0.717) is 0 Å². The molecule has 1 aromatic heterocycles. The fraction of sp³-hybridized carbons (Fsp3) is 0.700. The van der Waals surface area contributed by atoms with Crippen molar-refractivity contribution in [3.05, 3.63) is 11.1 Å². The van der Waals surface area contributed by atoms with E-state index in [0.717, 1.165) is 11.6 Å². The first-order chi connectivity index (χ1) is 6.01. The van der Waals surface area contributed by atoms with Gasteiger partial charge in [0.05, 0.1) is 5.69 Å². The Morgan fingerprint density at radius 1 is 1.46 bits per heavy atom. The number of hydrogen-bond donors (Lipinski definition) is 1. The van der Waals surface area contributed by atoms with Crippen LogP contribution < -0.4 is 5.32 Å². The van der Waals surface area contributed by atoms with Crippen molar-refractivity contribution in [1.82, 2.24) is 4.98 Å². The summed E-state index contributed by atoms with van der Waals surface area (Å²) < 4.78 is 0. The monoisotopic (exact) mass is 198 g/mol. The maximum Gasteiger partial charge on any atom is 0.183 e. The topological polar surface area (TPSA) is 24.9 Å². The van der Waals surface area contributed by atoms with Gasteiger partial charge in [-0.1, -0.05) is 13.3 Å². The molecule has 0 radical (unpaired) electrons. The van der Waals surface area contributed by atoms with Crippen LogP contribution in [0.15, 0.2) is 5.38 Å². The molecule has 0 saturated carbocycles. The van der Waals surface area contributed by atoms with Gasteiger partial charge in [0, 0.05) is 10.9 Å². The van der Waals surface area contributed by atoms with Crippen LogP contribution in [0, 0.1) is 0 Å². The summed E-state index contributed by atoms with van der Waals surface area (Å²) in [6.45, 7) is 8.62. The molecule has 3 heteroatoms. The van der Waals surface area contributed by atoms with Crippen LogP contribution in [0.3, 0.4) is 0 Å². The molecule has 2 nitrogen and oxygen atoms in total. The first-order valence-corrected chi connectivity index (χ1v) is 5.62. The van der Waals surface area contributed by atoms with Crippen LogP contribution in [0.5, 0.6) is 0 Å². The van der Waals surface area contributed by atoms with Gasteiger partial charge < -0.3 is 5.32 Å². The first kappa shape index (κ1) is 10.5. The van der Waals surface area contributed by atoms with E-state index in [-0.39, 0.29) is 5.54 Å². The molecule has 13 heavy (non-hydrogen) atoms. The van der Waals surface area contributed by atoms with Crippen molar-refractivity contribution in [3.63, 3.8) is 0 Å². The summed E-state index contributed by atoms with van der Waals surface area (Å²) >= 11 is 1.69. The average Bonchev–Trinajstić information content (AvgIpc) is 2.33. The number of nitrogens with one attached hydrogen (secondary N) is 1. The number of nitrogens with zero attached hydrogens (tertiary/aromatic N) is 1. The van der Waals surface area contributed by atoms with Crippen LogP contribution in [0.4, 0.5) is 5.13 Å². The normalized spacial score (nSPS) is 11.7. The lowest BCUT2D eigenvalue weighted by atomic mass is 10.1. The van der Waals surface area contributed by atoms with Gasteiger partial charge in [-0.3, -0.25) is 0 Å². The van der Waals surface area contributed by atoms with Crippen molar-refractivity contribution < 1.29 is 0 Å². The summed E-state index contributed by atoms with van der Waals surface area (Å²) in [6.07, 6.45) is 2.25. The Balaban J connectivity index is 2.59. The third-order valence-electron chi connectivity index (χ3n) is 1.54. The summed E-state index contributed by atoms with van der Waals surface area (Å²) in [5.74, 6) is 0. The van der Waals surface area contributed by atoms with E-state index in [2.05, 4.69) is 43.4 Å². The molecule has 0 saturated heterocycles. The zero-order chi connectivity index (χ0) is 9.90. The summed E-state index contributed by atoms with van der Waals surface area (Å²) in [6, 6.07) is 0. The molecule has 0 fully saturated rings. The Labute approximate surface area is 84.4 Å². The van der Waals surface area contributed by atoms with Crippen molar-refractivity contribution in [1.29, 1.82) is 0 Å². The van der Waals surface area contributed by atoms with E-state index < -0.39 is 0 Å². The van der Waals surface area contributed by atoms with E-state index >= 15 is 0 Å². The molecule has 1 N–H and O–H groups in total. The minimum Gasteiger partial charge on any atom is -0.357 e. The standard InChI is InChI=1S/C10H18N2S/c1-5-6-8-7-13-9(11-8)12-10(2,3)4/h7H,5-6H2,1-4H3,(H,11,12). The number of aromatic nitrogens is 1. The SMILES string of the molecule is CCCc1csc(NC(C)(C)C)n1. The van der Waals surface area contributed by atoms with Crippen LogP contribution in [0.1, 0.15) is 39.8 Å². The van der Waals surface area contributed by atoms with Crippen LogP contribution in [0.25, 0.3) is 0 Å². The van der Waals surface area contributed by atoms with E-state index in [4.69, 9.17) is 0 Å². The highest BCUT2D eigenvalue weighted by molar-refractivity contribution is 7.13. The molecule has 0 aliphatic rings. The van der Waals surface area contributed by atoms with Crippen molar-refractivity contribution in [2.45, 2.75) is 46.1 Å². The summed E-state index contributed by atoms with van der Waals surface area (Å²) in [5, 5.41) is 6.54. The maximum atomic E-state index is 4.49. The van der Waals surface area contributed by atoms with E-state index in [1.54, 1.807) is 11.3 Å². The van der Waals surface area contributed by atoms with Crippen LogP contribution >= 0.6 is 11.3 Å². The smallest absolute Gasteiger partial charge is 0.183 e. The van der Waals surface area contributed by atoms with Crippen molar-refractivity contribution in [2.75, 3.05) is 5.32 Å². The average molecular weight is 198 g/mol. The van der Waals surface area contributed by atoms with Gasteiger partial charge in [0.2, 0.25) is 0 Å². The Morgan fingerprint density at radius 3 is 2.69 bits per heavy atom. The van der Waals surface area contributed by atoms with Crippen molar-refractivity contribution in [2.24, 2.45) is 0 Å². The lowest BCUT2D eigenvalue weighted by Crippen LogP contribution is -2.25. The third kappa shape index (κ3) is 3.77. The van der Waals surface area contributed by atoms with E-state index in [1.807, 2.05) is 0 Å². The molecule has 0 atom stereocenters. The molecule has 74 valence electrons. The molecule has 0 spiro atoms. The molecule has 1 aromatic rings. The second-order valence-corrected chi connectivity index (χ2v) is 5.13. The first-order valence-electron chi connectivity index (χ1n) is 4.74. The highest BCUT2D eigenvalue weighted by atomic mass is 32.1. The van der Waals surface area contributed by atoms with Crippen LogP contribution in [-0.4, -0.2) is 10.5 Å². The molecule has 0 aromatic carbocycles. The highest BCUT2D eigenvalue weighted by Crippen LogP contribution is 2.20. The highest BCUT2D eigenvalue weighted by Gasteiger charge is 2.11. The maximum absolute atomic E-state index is 4.49. The lowest BCUT2D eigenvalue weighted by molar-refractivity contribution is 0.632. The van der Waals surface area contributed by atoms with Crippen molar-refractivity contribution >= 4 is 16.5 Å². The molecular weight excluding hydrogens is 180 g/mol. The molecule has 0 bridgehead atoms. The summed E-state index contributed by atoms with van der Waals surface area (Å²) in [5.41, 5.74) is 1.32. The Morgan fingerprint density at radius 2 is 2.15 bits per heavy atom. The molecule has 0 unspecified atom stereocenters. The number of rotatable bonds is 3. The molecule has 1 heterocycles. The van der Waals surface area contributed by atoms with Gasteiger partial charge in [-0.05, 0) is 27.2 Å². The van der Waals surface area contributed by atoms with Gasteiger partial charge in [-0.25, -0.2) is 4.98 Å².